The number of anilines is 1. The second-order valence-electron chi connectivity index (χ2n) is 25.0. The summed E-state index contributed by atoms with van der Waals surface area (Å²) in [5.74, 6) is 2.68. The molecule has 3 saturated heterocycles. The zero-order valence-electron chi connectivity index (χ0n) is 47.9. The van der Waals surface area contributed by atoms with E-state index in [1.165, 1.54) is 16.4 Å². The second kappa shape index (κ2) is 21.5. The molecule has 0 aliphatic carbocycles. The van der Waals surface area contributed by atoms with Gasteiger partial charge in [0.2, 0.25) is 0 Å². The number of aromatic nitrogens is 3. The van der Waals surface area contributed by atoms with Crippen molar-refractivity contribution in [2.24, 2.45) is 0 Å². The number of hydrogen-bond acceptors (Lipinski definition) is 9. The van der Waals surface area contributed by atoms with Gasteiger partial charge in [-0.25, -0.2) is 13.6 Å². The number of likely N-dealkylation sites (tertiary alicyclic amines) is 1. The van der Waals surface area contributed by atoms with Crippen molar-refractivity contribution in [3.8, 4) is 28.7 Å². The van der Waals surface area contributed by atoms with E-state index in [0.717, 1.165) is 37.7 Å². The van der Waals surface area contributed by atoms with Crippen LogP contribution in [-0.2, 0) is 9.16 Å². The lowest BCUT2D eigenvalue weighted by molar-refractivity contribution is 0.0233. The van der Waals surface area contributed by atoms with Crippen LogP contribution in [0.4, 0.5) is 19.4 Å². The normalized spacial score (nSPS) is 20.4. The van der Waals surface area contributed by atoms with Gasteiger partial charge in [0.15, 0.2) is 5.82 Å². The van der Waals surface area contributed by atoms with Crippen molar-refractivity contribution >= 4 is 60.4 Å². The Labute approximate surface area is 458 Å². The number of nitrogens with zero attached hydrogens (tertiary/aromatic N) is 6. The number of likely N-dealkylation sites (N-methyl/N-ethyl adjacent to an activating group) is 1. The molecule has 3 aliphatic heterocycles. The molecular weight excluding hydrogens is 999 g/mol. The number of carbonyl (C=O) groups excluding carboxylic acids is 1. The Balaban J connectivity index is 1.13. The Bertz CT molecular complexity index is 3130. The van der Waals surface area contributed by atoms with Crippen LogP contribution in [0.2, 0.25) is 21.7 Å². The number of amides is 1. The molecule has 0 saturated carbocycles. The molecule has 2 aromatic heterocycles. The van der Waals surface area contributed by atoms with Crippen LogP contribution in [0.1, 0.15) is 121 Å². The molecule has 0 spiro atoms. The number of ether oxygens (including phenoxy) is 2. The third kappa shape index (κ3) is 10.3. The lowest BCUT2D eigenvalue weighted by Crippen LogP contribution is -2.67. The van der Waals surface area contributed by atoms with Crippen molar-refractivity contribution in [2.45, 2.75) is 167 Å². The topological polar surface area (TPSA) is 93.2 Å². The minimum absolute atomic E-state index is 0.0279. The standard InChI is InChI=1S/C63H80F2N6O4Si2/c1-41(2)76(42(3)4,43(5)6)36-32-49-52(64)30-29-45-23-21-28-50(54(45)49)56-55(65)57-51(38-66-56)58(69(14)53-31-35-71(44(53)7)60(72)74-61(8,9)10)68-59(67-57)73-40-63-33-22-34-70(63)39-46(37-63)75-77(62(11,12)13,47-24-17-15-18-25-47)48-26-19-16-20-27-48/h15-21,23-30,38,41-44,46,53H,22,31,33-35,37,39-40H2,1-14H3/t44-,46-,53-,63+/m1/s1. The SMILES string of the molecule is CC(C)[Si](C#Cc1c(F)ccc2cccc(-c3ncc4c(N(C)[C@@H]5CCN(C(=O)OC(C)(C)C)[C@@H]5C)nc(OC[C@@]56CCCN5C[C@H](O[Si](c5ccccc5)(c5ccccc5)C(C)(C)C)C6)nc4c3F)c12)(C(C)C)C(C)C. The molecule has 3 aliphatic rings. The fraction of sp³-hybridized carbons (Fsp3) is 0.492. The van der Waals surface area contributed by atoms with Crippen LogP contribution in [-0.4, -0.2) is 110 Å². The highest BCUT2D eigenvalue weighted by Gasteiger charge is 2.56. The first-order valence-electron chi connectivity index (χ1n) is 27.9. The summed E-state index contributed by atoms with van der Waals surface area (Å²) < 4.78 is 55.0. The van der Waals surface area contributed by atoms with Gasteiger partial charge in [-0.15, -0.1) is 5.54 Å². The number of rotatable bonds is 13. The summed E-state index contributed by atoms with van der Waals surface area (Å²) >= 11 is 0. The van der Waals surface area contributed by atoms with Gasteiger partial charge >= 0.3 is 12.1 Å². The molecule has 0 bridgehead atoms. The Morgan fingerprint density at radius 3 is 2.12 bits per heavy atom. The van der Waals surface area contributed by atoms with E-state index < -0.39 is 33.6 Å². The molecule has 5 heterocycles. The first kappa shape index (κ1) is 56.0. The molecule has 1 amide bonds. The minimum atomic E-state index is -2.87. The number of carbonyl (C=O) groups is 1. The van der Waals surface area contributed by atoms with E-state index in [1.807, 2.05) is 51.8 Å². The number of benzene rings is 4. The van der Waals surface area contributed by atoms with E-state index in [1.54, 1.807) is 23.2 Å². The van der Waals surface area contributed by atoms with Gasteiger partial charge in [0.05, 0.1) is 34.7 Å². The fourth-order valence-corrected chi connectivity index (χ4v) is 23.6. The Kier molecular flexibility index (Phi) is 15.6. The first-order chi connectivity index (χ1) is 36.4. The van der Waals surface area contributed by atoms with Gasteiger partial charge in [-0.2, -0.15) is 9.97 Å². The molecule has 408 valence electrons. The van der Waals surface area contributed by atoms with Crippen LogP contribution < -0.4 is 20.0 Å². The van der Waals surface area contributed by atoms with Gasteiger partial charge in [-0.1, -0.05) is 153 Å². The smallest absolute Gasteiger partial charge is 0.410 e. The highest BCUT2D eigenvalue weighted by Crippen LogP contribution is 2.46. The summed E-state index contributed by atoms with van der Waals surface area (Å²) in [5, 5.41) is 3.91. The zero-order chi connectivity index (χ0) is 55.4. The summed E-state index contributed by atoms with van der Waals surface area (Å²) in [6, 6.07) is 29.8. The summed E-state index contributed by atoms with van der Waals surface area (Å²) in [4.78, 5) is 34.7. The molecule has 0 radical (unpaired) electrons. The van der Waals surface area contributed by atoms with E-state index >= 15 is 8.78 Å². The maximum atomic E-state index is 18.1. The van der Waals surface area contributed by atoms with E-state index in [4.69, 9.17) is 28.9 Å². The molecule has 3 fully saturated rings. The number of halogens is 2. The van der Waals surface area contributed by atoms with E-state index in [-0.39, 0.29) is 64.2 Å². The Morgan fingerprint density at radius 2 is 1.51 bits per heavy atom. The van der Waals surface area contributed by atoms with E-state index in [0.29, 0.717) is 51.7 Å². The summed E-state index contributed by atoms with van der Waals surface area (Å²) in [5.41, 5.74) is 4.39. The highest BCUT2D eigenvalue weighted by atomic mass is 28.4. The van der Waals surface area contributed by atoms with Gasteiger partial charge in [-0.05, 0) is 103 Å². The maximum absolute atomic E-state index is 18.1. The van der Waals surface area contributed by atoms with Crippen LogP contribution in [0.5, 0.6) is 6.01 Å². The number of fused-ring (bicyclic) bond motifs is 3. The van der Waals surface area contributed by atoms with E-state index in [2.05, 4.69) is 139 Å². The average Bonchev–Trinajstić information content (AvgIpc) is 4.22. The average molecular weight is 1080 g/mol. The molecule has 77 heavy (non-hydrogen) atoms. The molecular formula is C63H80F2N6O4Si2. The van der Waals surface area contributed by atoms with Crippen LogP contribution in [0.25, 0.3) is 32.9 Å². The molecule has 0 N–H and O–H groups in total. The van der Waals surface area contributed by atoms with Crippen molar-refractivity contribution in [3.05, 3.63) is 114 Å². The summed E-state index contributed by atoms with van der Waals surface area (Å²) in [7, 11) is -3.24. The van der Waals surface area contributed by atoms with Crippen molar-refractivity contribution in [1.29, 1.82) is 0 Å². The molecule has 14 heteroatoms. The Hall–Kier alpha value is -5.73. The van der Waals surface area contributed by atoms with E-state index in [9.17, 15) is 4.79 Å². The molecule has 4 atom stereocenters. The summed E-state index contributed by atoms with van der Waals surface area (Å²) in [6.07, 6.45) is 4.43. The van der Waals surface area contributed by atoms with Crippen LogP contribution in [0.15, 0.2) is 97.2 Å². The van der Waals surface area contributed by atoms with Gasteiger partial charge < -0.3 is 23.7 Å². The lowest BCUT2D eigenvalue weighted by atomic mass is 9.94. The van der Waals surface area contributed by atoms with Crippen molar-refractivity contribution < 1.29 is 27.5 Å². The minimum Gasteiger partial charge on any atom is -0.461 e. The monoisotopic (exact) mass is 1080 g/mol. The van der Waals surface area contributed by atoms with Crippen LogP contribution in [0.3, 0.4) is 0 Å². The van der Waals surface area contributed by atoms with Crippen molar-refractivity contribution in [2.75, 3.05) is 38.2 Å². The van der Waals surface area contributed by atoms with Crippen LogP contribution >= 0.6 is 0 Å². The van der Waals surface area contributed by atoms with Crippen molar-refractivity contribution in [3.63, 3.8) is 0 Å². The van der Waals surface area contributed by atoms with Crippen LogP contribution in [0, 0.1) is 23.1 Å². The highest BCUT2D eigenvalue weighted by molar-refractivity contribution is 6.99. The largest absolute Gasteiger partial charge is 0.461 e. The number of pyridine rings is 1. The van der Waals surface area contributed by atoms with Gasteiger partial charge in [-0.3, -0.25) is 9.88 Å². The third-order valence-electron chi connectivity index (χ3n) is 17.3. The molecule has 6 aromatic rings. The molecule has 0 unspecified atom stereocenters. The number of hydrogen-bond donors (Lipinski definition) is 0. The maximum Gasteiger partial charge on any atom is 0.410 e. The van der Waals surface area contributed by atoms with Gasteiger partial charge in [0, 0.05) is 37.3 Å². The van der Waals surface area contributed by atoms with Crippen molar-refractivity contribution in [1.82, 2.24) is 24.8 Å². The predicted molar refractivity (Wildman–Crippen MR) is 313 cm³/mol. The molecule has 4 aromatic carbocycles. The Morgan fingerprint density at radius 1 is 0.857 bits per heavy atom. The molecule has 10 nitrogen and oxygen atoms in total. The van der Waals surface area contributed by atoms with Gasteiger partial charge in [0.25, 0.3) is 8.32 Å². The second-order valence-corrected chi connectivity index (χ2v) is 34.9. The molecule has 9 rings (SSSR count). The zero-order valence-corrected chi connectivity index (χ0v) is 49.9. The van der Waals surface area contributed by atoms with Gasteiger partial charge in [0.1, 0.15) is 43.1 Å². The predicted octanol–water partition coefficient (Wildman–Crippen LogP) is 13.1. The quantitative estimate of drug-likeness (QED) is 0.0828. The first-order valence-corrected chi connectivity index (χ1v) is 32.1. The summed E-state index contributed by atoms with van der Waals surface area (Å²) in [6.45, 7) is 30.3. The third-order valence-corrected chi connectivity index (χ3v) is 28.7. The fourth-order valence-electron chi connectivity index (χ4n) is 13.7. The lowest BCUT2D eigenvalue weighted by Gasteiger charge is -2.44.